The Labute approximate surface area is 261 Å². The van der Waals surface area contributed by atoms with Gasteiger partial charge in [-0.3, -0.25) is 14.4 Å². The molecule has 0 unspecified atom stereocenters. The van der Waals surface area contributed by atoms with Crippen LogP contribution in [0.5, 0.6) is 11.5 Å². The van der Waals surface area contributed by atoms with Crippen LogP contribution in [-0.4, -0.2) is 42.6 Å². The van der Waals surface area contributed by atoms with Crippen molar-refractivity contribution in [3.8, 4) is 11.5 Å². The van der Waals surface area contributed by atoms with Crippen LogP contribution in [0, 0.1) is 24.7 Å². The highest BCUT2D eigenvalue weighted by Gasteiger charge is 2.48. The number of ether oxygens (including phenoxy) is 2. The van der Waals surface area contributed by atoms with Gasteiger partial charge in [0.2, 0.25) is 0 Å². The van der Waals surface area contributed by atoms with E-state index in [0.29, 0.717) is 24.3 Å². The van der Waals surface area contributed by atoms with E-state index in [1.165, 1.54) is 0 Å². The van der Waals surface area contributed by atoms with Gasteiger partial charge in [0.1, 0.15) is 0 Å². The van der Waals surface area contributed by atoms with Crippen molar-refractivity contribution in [1.29, 1.82) is 0 Å². The van der Waals surface area contributed by atoms with Gasteiger partial charge < -0.3 is 19.7 Å². The second-order valence-electron chi connectivity index (χ2n) is 14.3. The molecule has 2 aromatic rings. The van der Waals surface area contributed by atoms with Crippen LogP contribution in [0.25, 0.3) is 0 Å². The molecule has 0 saturated carbocycles. The zero-order valence-corrected chi connectivity index (χ0v) is 27.5. The summed E-state index contributed by atoms with van der Waals surface area (Å²) in [5, 5.41) is 2.91. The number of hydrogen-bond donors (Lipinski definition) is 1. The maximum absolute atomic E-state index is 14.0. The number of rotatable bonds is 8. The fraction of sp³-hybridized carbons (Fsp3) is 0.486. The topological polar surface area (TPSA) is 84.9 Å². The van der Waals surface area contributed by atoms with Crippen molar-refractivity contribution >= 4 is 23.2 Å². The Balaban J connectivity index is 1.51. The second kappa shape index (κ2) is 11.9. The van der Waals surface area contributed by atoms with Gasteiger partial charge in [-0.1, -0.05) is 58.4 Å². The first-order valence-electron chi connectivity index (χ1n) is 15.7. The highest BCUT2D eigenvalue weighted by atomic mass is 16.5. The largest absolute Gasteiger partial charge is 0.493 e. The van der Waals surface area contributed by atoms with Gasteiger partial charge in [0.05, 0.1) is 7.11 Å². The molecule has 7 heteroatoms. The quantitative estimate of drug-likeness (QED) is 0.340. The van der Waals surface area contributed by atoms with E-state index in [4.69, 9.17) is 9.47 Å². The van der Waals surface area contributed by atoms with Crippen LogP contribution >= 0.6 is 0 Å². The molecular formula is C37H46N2O5. The molecule has 234 valence electrons. The number of carbonyl (C=O) groups is 3. The number of aryl methyl sites for hydroxylation is 2. The molecule has 0 aromatic heterocycles. The van der Waals surface area contributed by atoms with Crippen molar-refractivity contribution in [2.45, 2.75) is 86.5 Å². The Bertz CT molecular complexity index is 1520. The normalized spacial score (nSPS) is 19.5. The lowest BCUT2D eigenvalue weighted by molar-refractivity contribution is -0.120. The standard InChI is InChI=1S/C37H46N2O5/c1-9-14-39-26-17-36(4,5)19-28(40)34(26)33(35-27(39)18-37(6,7)20-29(35)41)24-11-13-30(31(16-24)43-8)44-21-32(42)38-25-12-10-22(2)15-23(25)3/h10-13,15-16,33H,9,14,17-21H2,1-8H3,(H,38,42). The Kier molecular flexibility index (Phi) is 8.54. The van der Waals surface area contributed by atoms with Crippen LogP contribution in [-0.2, 0) is 14.4 Å². The predicted octanol–water partition coefficient (Wildman–Crippen LogP) is 7.43. The summed E-state index contributed by atoms with van der Waals surface area (Å²) >= 11 is 0. The Morgan fingerprint density at radius 1 is 0.886 bits per heavy atom. The number of Topliss-reactive ketones (excluding diaryl/α,β-unsaturated/α-hetero) is 2. The van der Waals surface area contributed by atoms with Gasteiger partial charge in [-0.15, -0.1) is 0 Å². The number of amides is 1. The predicted molar refractivity (Wildman–Crippen MR) is 173 cm³/mol. The summed E-state index contributed by atoms with van der Waals surface area (Å²) in [5.74, 6) is 0.348. The average molecular weight is 599 g/mol. The SMILES string of the molecule is CCCN1C2=C(C(=O)CC(C)(C)C2)C(c2ccc(OCC(=O)Nc3ccc(C)cc3C)c(OC)c2)C2=C1CC(C)(C)CC2=O. The van der Waals surface area contributed by atoms with Crippen molar-refractivity contribution in [3.05, 3.63) is 75.6 Å². The van der Waals surface area contributed by atoms with E-state index in [-0.39, 0.29) is 34.9 Å². The molecule has 2 aromatic carbocycles. The van der Waals surface area contributed by atoms with E-state index in [1.807, 2.05) is 44.2 Å². The Morgan fingerprint density at radius 2 is 1.50 bits per heavy atom. The third-order valence-corrected chi connectivity index (χ3v) is 9.00. The van der Waals surface area contributed by atoms with E-state index < -0.39 is 5.92 Å². The molecule has 1 heterocycles. The first kappa shape index (κ1) is 31.6. The molecule has 5 rings (SSSR count). The smallest absolute Gasteiger partial charge is 0.262 e. The van der Waals surface area contributed by atoms with E-state index in [1.54, 1.807) is 13.2 Å². The molecule has 0 atom stereocenters. The highest BCUT2D eigenvalue weighted by Crippen LogP contribution is 2.55. The van der Waals surface area contributed by atoms with Gasteiger partial charge in [-0.2, -0.15) is 0 Å². The molecule has 3 aliphatic rings. The summed E-state index contributed by atoms with van der Waals surface area (Å²) in [4.78, 5) is 43.0. The lowest BCUT2D eigenvalue weighted by atomic mass is 9.63. The molecule has 0 fully saturated rings. The summed E-state index contributed by atoms with van der Waals surface area (Å²) in [6.07, 6.45) is 3.36. The number of benzene rings is 2. The van der Waals surface area contributed by atoms with E-state index >= 15 is 0 Å². The molecule has 0 spiro atoms. The number of anilines is 1. The average Bonchev–Trinajstić information content (AvgIpc) is 2.93. The fourth-order valence-electron chi connectivity index (χ4n) is 7.14. The van der Waals surface area contributed by atoms with Crippen molar-refractivity contribution in [3.63, 3.8) is 0 Å². The summed E-state index contributed by atoms with van der Waals surface area (Å²) in [6, 6.07) is 11.4. The molecule has 1 N–H and O–H groups in total. The van der Waals surface area contributed by atoms with Crippen LogP contribution in [0.15, 0.2) is 58.9 Å². The molecule has 1 aliphatic heterocycles. The molecular weight excluding hydrogens is 552 g/mol. The minimum Gasteiger partial charge on any atom is -0.493 e. The third-order valence-electron chi connectivity index (χ3n) is 9.00. The van der Waals surface area contributed by atoms with Crippen LogP contribution in [0.1, 0.15) is 89.3 Å². The summed E-state index contributed by atoms with van der Waals surface area (Å²) in [6.45, 7) is 15.3. The molecule has 1 amide bonds. The number of allylic oxidation sites excluding steroid dienone is 4. The minimum absolute atomic E-state index is 0.105. The lowest BCUT2D eigenvalue weighted by Gasteiger charge is -2.49. The highest BCUT2D eigenvalue weighted by molar-refractivity contribution is 6.07. The van der Waals surface area contributed by atoms with Gasteiger partial charge in [0.15, 0.2) is 29.7 Å². The van der Waals surface area contributed by atoms with Crippen molar-refractivity contribution in [2.24, 2.45) is 10.8 Å². The molecule has 0 radical (unpaired) electrons. The number of nitrogens with zero attached hydrogens (tertiary/aromatic N) is 1. The number of ketones is 2. The molecule has 7 nitrogen and oxygen atoms in total. The zero-order chi connectivity index (χ0) is 32.0. The summed E-state index contributed by atoms with van der Waals surface area (Å²) < 4.78 is 11.7. The van der Waals surface area contributed by atoms with E-state index in [2.05, 4.69) is 44.8 Å². The third kappa shape index (κ3) is 6.19. The number of nitrogens with one attached hydrogen (secondary N) is 1. The number of methoxy groups -OCH3 is 1. The van der Waals surface area contributed by atoms with Crippen molar-refractivity contribution in [1.82, 2.24) is 4.90 Å². The molecule has 0 bridgehead atoms. The van der Waals surface area contributed by atoms with Crippen molar-refractivity contribution in [2.75, 3.05) is 25.6 Å². The van der Waals surface area contributed by atoms with Crippen LogP contribution < -0.4 is 14.8 Å². The molecule has 44 heavy (non-hydrogen) atoms. The first-order valence-corrected chi connectivity index (χ1v) is 15.7. The maximum Gasteiger partial charge on any atom is 0.262 e. The first-order chi connectivity index (χ1) is 20.7. The van der Waals surface area contributed by atoms with Gasteiger partial charge in [-0.25, -0.2) is 0 Å². The van der Waals surface area contributed by atoms with Crippen LogP contribution in [0.3, 0.4) is 0 Å². The Morgan fingerprint density at radius 3 is 2.05 bits per heavy atom. The maximum atomic E-state index is 14.0. The lowest BCUT2D eigenvalue weighted by Crippen LogP contribution is -2.44. The monoisotopic (exact) mass is 598 g/mol. The van der Waals surface area contributed by atoms with Gasteiger partial charge in [0.25, 0.3) is 5.91 Å². The molecule has 0 saturated heterocycles. The Hall–Kier alpha value is -3.87. The van der Waals surface area contributed by atoms with Gasteiger partial charge in [0, 0.05) is 53.5 Å². The van der Waals surface area contributed by atoms with Crippen molar-refractivity contribution < 1.29 is 23.9 Å². The fourth-order valence-corrected chi connectivity index (χ4v) is 7.14. The summed E-state index contributed by atoms with van der Waals surface area (Å²) in [7, 11) is 1.56. The molecule has 2 aliphatic carbocycles. The zero-order valence-electron chi connectivity index (χ0n) is 27.5. The van der Waals surface area contributed by atoms with Gasteiger partial charge in [-0.05, 0) is 73.3 Å². The van der Waals surface area contributed by atoms with Crippen LogP contribution in [0.4, 0.5) is 5.69 Å². The number of hydrogen-bond acceptors (Lipinski definition) is 6. The summed E-state index contributed by atoms with van der Waals surface area (Å²) in [5.41, 5.74) is 6.96. The second-order valence-corrected chi connectivity index (χ2v) is 14.3. The van der Waals surface area contributed by atoms with E-state index in [9.17, 15) is 14.4 Å². The van der Waals surface area contributed by atoms with Gasteiger partial charge >= 0.3 is 0 Å². The van der Waals surface area contributed by atoms with Crippen LogP contribution in [0.2, 0.25) is 0 Å². The number of carbonyl (C=O) groups excluding carboxylic acids is 3. The van der Waals surface area contributed by atoms with E-state index in [0.717, 1.165) is 70.7 Å². The minimum atomic E-state index is -0.462.